The van der Waals surface area contributed by atoms with Crippen molar-refractivity contribution in [3.63, 3.8) is 0 Å². The van der Waals surface area contributed by atoms with E-state index >= 15 is 0 Å². The summed E-state index contributed by atoms with van der Waals surface area (Å²) in [7, 11) is 0. The molecule has 5 heterocycles. The lowest BCUT2D eigenvalue weighted by Gasteiger charge is -2.19. The molecule has 0 aliphatic carbocycles. The van der Waals surface area contributed by atoms with E-state index in [-0.39, 0.29) is 17.7 Å². The fourth-order valence-electron chi connectivity index (χ4n) is 4.18. The summed E-state index contributed by atoms with van der Waals surface area (Å²) < 4.78 is 19.0. The van der Waals surface area contributed by atoms with Gasteiger partial charge in [-0.05, 0) is 43.3 Å². The van der Waals surface area contributed by atoms with E-state index < -0.39 is 0 Å². The average molecular weight is 488 g/mol. The van der Waals surface area contributed by atoms with E-state index in [1.807, 2.05) is 60.0 Å². The van der Waals surface area contributed by atoms with Gasteiger partial charge in [-0.2, -0.15) is 5.10 Å². The Balaban J connectivity index is 1.25. The van der Waals surface area contributed by atoms with E-state index in [9.17, 15) is 4.79 Å². The zero-order chi connectivity index (χ0) is 23.8. The third-order valence-corrected chi connectivity index (χ3v) is 6.80. The van der Waals surface area contributed by atoms with Gasteiger partial charge in [0, 0.05) is 18.4 Å². The van der Waals surface area contributed by atoms with Gasteiger partial charge in [-0.15, -0.1) is 10.2 Å². The molecule has 0 bridgehead atoms. The van der Waals surface area contributed by atoms with Crippen LogP contribution < -0.4 is 0 Å². The molecule has 10 heteroatoms. The quantitative estimate of drug-likeness (QED) is 0.284. The van der Waals surface area contributed by atoms with Crippen LogP contribution in [0.3, 0.4) is 0 Å². The molecule has 1 aromatic carbocycles. The van der Waals surface area contributed by atoms with Crippen molar-refractivity contribution in [2.45, 2.75) is 31.1 Å². The van der Waals surface area contributed by atoms with Crippen LogP contribution >= 0.6 is 11.8 Å². The number of carbonyl (C=O) groups excluding carboxylic acids is 1. The molecule has 35 heavy (non-hydrogen) atoms. The van der Waals surface area contributed by atoms with Crippen molar-refractivity contribution in [2.75, 3.05) is 5.75 Å². The Morgan fingerprint density at radius 1 is 1.06 bits per heavy atom. The summed E-state index contributed by atoms with van der Waals surface area (Å²) in [5.41, 5.74) is 1.49. The van der Waals surface area contributed by atoms with Crippen molar-refractivity contribution in [3.05, 3.63) is 78.6 Å². The number of nitrogens with zero attached hydrogens (tertiary/aromatic N) is 5. The Morgan fingerprint density at radius 2 is 1.91 bits per heavy atom. The summed E-state index contributed by atoms with van der Waals surface area (Å²) in [6, 6.07) is 16.7. The summed E-state index contributed by atoms with van der Waals surface area (Å²) in [5, 5.41) is 16.3. The number of hydrogen-bond donors (Lipinski definition) is 0. The monoisotopic (exact) mass is 487 g/mol. The first kappa shape index (κ1) is 21.5. The maximum Gasteiger partial charge on any atom is 0.253 e. The molecule has 0 N–H and O–H groups in total. The van der Waals surface area contributed by atoms with Gasteiger partial charge < -0.3 is 13.3 Å². The number of furan rings is 3. The number of fused-ring (bicyclic) bond motifs is 1. The Bertz CT molecular complexity index is 1470. The van der Waals surface area contributed by atoms with Gasteiger partial charge in [0.15, 0.2) is 22.5 Å². The zero-order valence-corrected chi connectivity index (χ0v) is 19.6. The third kappa shape index (κ3) is 3.95. The average Bonchev–Trinajstić information content (AvgIpc) is 3.70. The molecule has 176 valence electrons. The first-order chi connectivity index (χ1) is 17.2. The van der Waals surface area contributed by atoms with Crippen LogP contribution in [-0.4, -0.2) is 37.1 Å². The molecular weight excluding hydrogens is 466 g/mol. The third-order valence-electron chi connectivity index (χ3n) is 5.85. The number of para-hydroxylation sites is 1. The molecular formula is C25H21N5O4S. The molecule has 1 atom stereocenters. The lowest BCUT2D eigenvalue weighted by Crippen LogP contribution is -2.28. The van der Waals surface area contributed by atoms with E-state index in [1.54, 1.807) is 18.6 Å². The van der Waals surface area contributed by atoms with Crippen molar-refractivity contribution in [1.29, 1.82) is 0 Å². The zero-order valence-electron chi connectivity index (χ0n) is 18.8. The highest BCUT2D eigenvalue weighted by molar-refractivity contribution is 7.99. The summed E-state index contributed by atoms with van der Waals surface area (Å²) >= 11 is 1.32. The summed E-state index contributed by atoms with van der Waals surface area (Å²) in [6.45, 7) is 2.64. The Hall–Kier alpha value is -4.05. The topological polar surface area (TPSA) is 103 Å². The van der Waals surface area contributed by atoms with Crippen molar-refractivity contribution >= 4 is 34.3 Å². The molecule has 4 aromatic heterocycles. The van der Waals surface area contributed by atoms with Gasteiger partial charge in [-0.25, -0.2) is 5.01 Å². The second-order valence-corrected chi connectivity index (χ2v) is 8.93. The van der Waals surface area contributed by atoms with E-state index in [0.29, 0.717) is 46.9 Å². The number of benzene rings is 1. The van der Waals surface area contributed by atoms with Crippen LogP contribution in [-0.2, 0) is 11.3 Å². The number of hydrogen-bond acceptors (Lipinski definition) is 8. The van der Waals surface area contributed by atoms with Crippen LogP contribution in [0.2, 0.25) is 0 Å². The lowest BCUT2D eigenvalue weighted by atomic mass is 10.1. The van der Waals surface area contributed by atoms with E-state index in [2.05, 4.69) is 15.3 Å². The number of carbonyl (C=O) groups is 1. The predicted molar refractivity (Wildman–Crippen MR) is 130 cm³/mol. The first-order valence-corrected chi connectivity index (χ1v) is 12.2. The fourth-order valence-corrected chi connectivity index (χ4v) is 5.03. The first-order valence-electron chi connectivity index (χ1n) is 11.2. The molecule has 0 saturated heterocycles. The molecule has 5 aromatic rings. The van der Waals surface area contributed by atoms with Crippen molar-refractivity contribution in [1.82, 2.24) is 19.8 Å². The van der Waals surface area contributed by atoms with Crippen molar-refractivity contribution in [2.24, 2.45) is 5.10 Å². The minimum absolute atomic E-state index is 0.143. The van der Waals surface area contributed by atoms with Crippen molar-refractivity contribution in [3.8, 4) is 11.6 Å². The van der Waals surface area contributed by atoms with Crippen LogP contribution in [0.25, 0.3) is 22.6 Å². The SMILES string of the molecule is CCn1c(SCC(=O)N2N=C(c3cc4ccccc4o3)CC2c2ccco2)nnc1-c1ccco1. The second-order valence-electron chi connectivity index (χ2n) is 7.99. The number of aromatic nitrogens is 3. The predicted octanol–water partition coefficient (Wildman–Crippen LogP) is 5.37. The second kappa shape index (κ2) is 8.95. The molecule has 0 saturated carbocycles. The molecule has 1 unspecified atom stereocenters. The van der Waals surface area contributed by atoms with E-state index in [0.717, 1.165) is 11.0 Å². The molecule has 0 spiro atoms. The highest BCUT2D eigenvalue weighted by atomic mass is 32.2. The fraction of sp³-hybridized carbons (Fsp3) is 0.200. The number of rotatable bonds is 7. The van der Waals surface area contributed by atoms with Gasteiger partial charge in [0.2, 0.25) is 0 Å². The molecule has 0 fully saturated rings. The standard InChI is InChI=1S/C25H21N5O4S/c1-2-29-24(21-10-6-12-33-21)26-27-25(29)35-15-23(31)30-18(20-9-5-11-32-20)14-17(28-30)22-13-16-7-3-4-8-19(16)34-22/h3-13,18H,2,14-15H2,1H3. The van der Waals surface area contributed by atoms with Gasteiger partial charge in [-0.3, -0.25) is 9.36 Å². The lowest BCUT2D eigenvalue weighted by molar-refractivity contribution is -0.130. The van der Waals surface area contributed by atoms with Crippen LogP contribution in [0.5, 0.6) is 0 Å². The largest absolute Gasteiger partial charge is 0.467 e. The van der Waals surface area contributed by atoms with Crippen LogP contribution in [0.4, 0.5) is 0 Å². The number of hydrazone groups is 1. The Morgan fingerprint density at radius 3 is 2.69 bits per heavy atom. The number of thioether (sulfide) groups is 1. The normalized spacial score (nSPS) is 15.7. The van der Waals surface area contributed by atoms with E-state index in [1.165, 1.54) is 16.8 Å². The Kier molecular flexibility index (Phi) is 5.49. The maximum absolute atomic E-state index is 13.4. The molecule has 1 amide bonds. The summed E-state index contributed by atoms with van der Waals surface area (Å²) in [6.07, 6.45) is 3.70. The van der Waals surface area contributed by atoms with Gasteiger partial charge in [0.05, 0.1) is 18.3 Å². The Labute approximate surface area is 204 Å². The molecule has 1 aliphatic rings. The van der Waals surface area contributed by atoms with Gasteiger partial charge >= 0.3 is 0 Å². The van der Waals surface area contributed by atoms with Gasteiger partial charge in [0.25, 0.3) is 5.91 Å². The number of amides is 1. The van der Waals surface area contributed by atoms with Crippen molar-refractivity contribution < 1.29 is 18.0 Å². The molecule has 0 radical (unpaired) electrons. The van der Waals surface area contributed by atoms with E-state index in [4.69, 9.17) is 13.3 Å². The summed E-state index contributed by atoms with van der Waals surface area (Å²) in [5.74, 6) is 2.58. The van der Waals surface area contributed by atoms with Crippen LogP contribution in [0, 0.1) is 0 Å². The summed E-state index contributed by atoms with van der Waals surface area (Å²) in [4.78, 5) is 13.4. The highest BCUT2D eigenvalue weighted by Gasteiger charge is 2.36. The van der Waals surface area contributed by atoms with Gasteiger partial charge in [-0.1, -0.05) is 30.0 Å². The maximum atomic E-state index is 13.4. The van der Waals surface area contributed by atoms with Crippen LogP contribution in [0.15, 0.2) is 90.6 Å². The molecule has 9 nitrogen and oxygen atoms in total. The minimum atomic E-state index is -0.343. The highest BCUT2D eigenvalue weighted by Crippen LogP contribution is 2.35. The molecule has 6 rings (SSSR count). The molecule has 1 aliphatic heterocycles. The minimum Gasteiger partial charge on any atom is -0.467 e. The van der Waals surface area contributed by atoms with Crippen LogP contribution in [0.1, 0.15) is 30.9 Å². The van der Waals surface area contributed by atoms with Gasteiger partial charge in [0.1, 0.15) is 23.1 Å². The smallest absolute Gasteiger partial charge is 0.253 e.